The first-order valence-electron chi connectivity index (χ1n) is 11.3. The minimum atomic E-state index is -0.854. The highest BCUT2D eigenvalue weighted by Gasteiger charge is 2.28. The van der Waals surface area contributed by atoms with Crippen molar-refractivity contribution in [1.82, 2.24) is 10.1 Å². The quantitative estimate of drug-likeness (QED) is 0.179. The fraction of sp³-hybridized carbons (Fsp3) is 0.364. The largest absolute Gasteiger partial charge is 0.461 e. The summed E-state index contributed by atoms with van der Waals surface area (Å²) in [5.41, 5.74) is 5.16. The van der Waals surface area contributed by atoms with Gasteiger partial charge in [0.15, 0.2) is 11.6 Å². The summed E-state index contributed by atoms with van der Waals surface area (Å²) in [5, 5.41) is 12.9. The molecule has 0 radical (unpaired) electrons. The summed E-state index contributed by atoms with van der Waals surface area (Å²) in [6.07, 6.45) is 1.84. The standard InChI is InChI=1S/C22H27F2N7O7/c1-27(12-16(36-14-32)13-29(26)5-4-25)15-10-17(23)21(18(24)11-15)28-6-7-30(37-9-8-28)22(33)19-2-3-20(38-19)31(34)35/h2-5,10-11,14,16H,6-9,12-13,25-26H2,1H3/b5-4-/t16-/m1/s1. The fourth-order valence-corrected chi connectivity index (χ4v) is 3.81. The van der Waals surface area contributed by atoms with E-state index in [1.165, 1.54) is 27.2 Å². The van der Waals surface area contributed by atoms with Crippen LogP contribution in [0, 0.1) is 21.7 Å². The molecular formula is C22H27F2N7O7. The summed E-state index contributed by atoms with van der Waals surface area (Å²) in [6, 6.07) is 4.45. The zero-order chi connectivity index (χ0) is 27.8. The van der Waals surface area contributed by atoms with Crippen LogP contribution in [0.5, 0.6) is 0 Å². The molecule has 2 heterocycles. The number of likely N-dealkylation sites (N-methyl/N-ethyl adjacent to an activating group) is 1. The number of nitrogens with zero attached hydrogens (tertiary/aromatic N) is 5. The number of nitrogens with two attached hydrogens (primary N) is 2. The third-order valence-electron chi connectivity index (χ3n) is 5.57. The van der Waals surface area contributed by atoms with Gasteiger partial charge in [-0.2, -0.15) is 0 Å². The molecule has 1 aromatic carbocycles. The van der Waals surface area contributed by atoms with Crippen LogP contribution in [-0.4, -0.2) is 79.9 Å². The van der Waals surface area contributed by atoms with Gasteiger partial charge in [-0.05, 0) is 18.2 Å². The van der Waals surface area contributed by atoms with Gasteiger partial charge in [0.2, 0.25) is 5.76 Å². The molecule has 1 atom stereocenters. The van der Waals surface area contributed by atoms with E-state index in [0.29, 0.717) is 0 Å². The summed E-state index contributed by atoms with van der Waals surface area (Å²) >= 11 is 0. The minimum absolute atomic E-state index is 0.00775. The number of furan rings is 1. The van der Waals surface area contributed by atoms with Crippen LogP contribution in [0.25, 0.3) is 0 Å². The van der Waals surface area contributed by atoms with Gasteiger partial charge < -0.3 is 29.7 Å². The molecule has 38 heavy (non-hydrogen) atoms. The Kier molecular flexibility index (Phi) is 9.39. The first-order chi connectivity index (χ1) is 18.1. The van der Waals surface area contributed by atoms with Gasteiger partial charge in [-0.3, -0.25) is 24.5 Å². The monoisotopic (exact) mass is 539 g/mol. The molecule has 3 rings (SSSR count). The molecule has 4 N–H and O–H groups in total. The third-order valence-corrected chi connectivity index (χ3v) is 5.57. The van der Waals surface area contributed by atoms with E-state index >= 15 is 8.78 Å². The van der Waals surface area contributed by atoms with E-state index in [2.05, 4.69) is 0 Å². The van der Waals surface area contributed by atoms with Crippen LogP contribution in [-0.2, 0) is 14.4 Å². The lowest BCUT2D eigenvalue weighted by atomic mass is 10.2. The van der Waals surface area contributed by atoms with Crippen LogP contribution < -0.4 is 21.4 Å². The van der Waals surface area contributed by atoms with Crippen molar-refractivity contribution in [3.63, 3.8) is 0 Å². The summed E-state index contributed by atoms with van der Waals surface area (Å²) in [4.78, 5) is 41.7. The molecule has 2 aromatic rings. The number of hydrogen-bond acceptors (Lipinski definition) is 12. The molecule has 0 spiro atoms. The average Bonchev–Trinajstić information content (AvgIpc) is 3.24. The number of hydroxylamine groups is 2. The number of ether oxygens (including phenoxy) is 1. The molecule has 0 aliphatic carbocycles. The number of rotatable bonds is 11. The van der Waals surface area contributed by atoms with Crippen LogP contribution in [0.4, 0.5) is 26.0 Å². The van der Waals surface area contributed by atoms with Crippen molar-refractivity contribution in [1.29, 1.82) is 0 Å². The molecule has 1 aliphatic rings. The summed E-state index contributed by atoms with van der Waals surface area (Å²) < 4.78 is 40.2. The van der Waals surface area contributed by atoms with Crippen LogP contribution >= 0.6 is 0 Å². The van der Waals surface area contributed by atoms with Crippen molar-refractivity contribution in [3.8, 4) is 0 Å². The van der Waals surface area contributed by atoms with E-state index < -0.39 is 34.5 Å². The van der Waals surface area contributed by atoms with Gasteiger partial charge in [0.25, 0.3) is 6.47 Å². The molecule has 16 heteroatoms. The molecule has 1 saturated heterocycles. The highest BCUT2D eigenvalue weighted by atomic mass is 19.1. The predicted molar refractivity (Wildman–Crippen MR) is 129 cm³/mol. The summed E-state index contributed by atoms with van der Waals surface area (Å²) in [5.74, 6) is 2.35. The lowest BCUT2D eigenvalue weighted by Gasteiger charge is -2.28. The fourth-order valence-electron chi connectivity index (χ4n) is 3.81. The Morgan fingerprint density at radius 3 is 2.58 bits per heavy atom. The number of anilines is 2. The van der Waals surface area contributed by atoms with Gasteiger partial charge in [-0.25, -0.2) is 19.7 Å². The molecular weight excluding hydrogens is 512 g/mol. The van der Waals surface area contributed by atoms with Gasteiger partial charge in [-0.1, -0.05) is 0 Å². The number of carbonyl (C=O) groups is 2. The Balaban J connectivity index is 1.69. The van der Waals surface area contributed by atoms with Crippen molar-refractivity contribution in [2.75, 3.05) is 56.2 Å². The van der Waals surface area contributed by atoms with Gasteiger partial charge in [-0.15, -0.1) is 0 Å². The molecule has 206 valence electrons. The molecule has 0 unspecified atom stereocenters. The van der Waals surface area contributed by atoms with E-state index in [1.54, 1.807) is 7.05 Å². The highest BCUT2D eigenvalue weighted by Crippen LogP contribution is 2.29. The van der Waals surface area contributed by atoms with Gasteiger partial charge in [0.1, 0.15) is 16.7 Å². The van der Waals surface area contributed by atoms with Crippen LogP contribution in [0.3, 0.4) is 0 Å². The zero-order valence-corrected chi connectivity index (χ0v) is 20.4. The Labute approximate surface area is 215 Å². The average molecular weight is 539 g/mol. The number of benzene rings is 1. The van der Waals surface area contributed by atoms with E-state index in [4.69, 9.17) is 25.6 Å². The second-order valence-corrected chi connectivity index (χ2v) is 8.15. The Bertz CT molecular complexity index is 1160. The first-order valence-corrected chi connectivity index (χ1v) is 11.3. The molecule has 0 saturated carbocycles. The van der Waals surface area contributed by atoms with E-state index in [0.717, 1.165) is 29.3 Å². The van der Waals surface area contributed by atoms with Crippen LogP contribution in [0.15, 0.2) is 41.1 Å². The number of hydrazine groups is 1. The van der Waals surface area contributed by atoms with Gasteiger partial charge >= 0.3 is 11.8 Å². The molecule has 1 fully saturated rings. The maximum absolute atomic E-state index is 15.1. The predicted octanol–water partition coefficient (Wildman–Crippen LogP) is 0.943. The normalized spacial score (nSPS) is 14.7. The van der Waals surface area contributed by atoms with Crippen molar-refractivity contribution < 1.29 is 37.3 Å². The Morgan fingerprint density at radius 1 is 1.26 bits per heavy atom. The van der Waals surface area contributed by atoms with E-state index in [-0.39, 0.29) is 62.9 Å². The van der Waals surface area contributed by atoms with Crippen molar-refractivity contribution >= 4 is 29.6 Å². The molecule has 1 aliphatic heterocycles. The second kappa shape index (κ2) is 12.7. The maximum Gasteiger partial charge on any atom is 0.433 e. The van der Waals surface area contributed by atoms with Gasteiger partial charge in [0.05, 0.1) is 32.3 Å². The highest BCUT2D eigenvalue weighted by molar-refractivity contribution is 5.91. The van der Waals surface area contributed by atoms with Crippen molar-refractivity contribution in [2.24, 2.45) is 11.6 Å². The molecule has 1 aromatic heterocycles. The number of nitro groups is 1. The lowest BCUT2D eigenvalue weighted by molar-refractivity contribution is -0.402. The molecule has 1 amide bonds. The van der Waals surface area contributed by atoms with Crippen molar-refractivity contribution in [3.05, 3.63) is 64.2 Å². The first kappa shape index (κ1) is 28.1. The number of carbonyl (C=O) groups excluding carboxylic acids is 2. The van der Waals surface area contributed by atoms with E-state index in [9.17, 15) is 19.7 Å². The summed E-state index contributed by atoms with van der Waals surface area (Å²) in [7, 11) is 1.57. The number of amides is 1. The smallest absolute Gasteiger partial charge is 0.433 e. The molecule has 14 nitrogen and oxygen atoms in total. The maximum atomic E-state index is 15.1. The van der Waals surface area contributed by atoms with Crippen LogP contribution in [0.1, 0.15) is 10.6 Å². The van der Waals surface area contributed by atoms with Crippen molar-refractivity contribution in [2.45, 2.75) is 6.10 Å². The minimum Gasteiger partial charge on any atom is -0.461 e. The van der Waals surface area contributed by atoms with Crippen LogP contribution in [0.2, 0.25) is 0 Å². The van der Waals surface area contributed by atoms with E-state index in [1.807, 2.05) is 0 Å². The topological polar surface area (TPSA) is 174 Å². The Morgan fingerprint density at radius 2 is 1.97 bits per heavy atom. The lowest BCUT2D eigenvalue weighted by Crippen LogP contribution is -2.41. The SMILES string of the molecule is CN(C[C@H](CN(N)/C=C\N)OC=O)c1cc(F)c(N2CCON(C(=O)c3ccc([N+](=O)[O-])o3)CC2)c(F)c1. The second-order valence-electron chi connectivity index (χ2n) is 8.15. The zero-order valence-electron chi connectivity index (χ0n) is 20.4. The Hall–Kier alpha value is -4.44. The summed E-state index contributed by atoms with van der Waals surface area (Å²) in [6.45, 7) is 0.287. The number of halogens is 2. The van der Waals surface area contributed by atoms with Gasteiger partial charge in [0, 0.05) is 38.2 Å². The third kappa shape index (κ3) is 6.86. The molecule has 0 bridgehead atoms. The number of hydrogen-bond donors (Lipinski definition) is 2.